The maximum Gasteiger partial charge on any atom is 0.244 e. The highest BCUT2D eigenvalue weighted by molar-refractivity contribution is 5.94. The fourth-order valence-corrected chi connectivity index (χ4v) is 4.32. The number of nitrogens with zero attached hydrogens (tertiary/aromatic N) is 2. The summed E-state index contributed by atoms with van der Waals surface area (Å²) in [5, 5.41) is 10.5. The Hall–Kier alpha value is -3.41. The van der Waals surface area contributed by atoms with E-state index in [9.17, 15) is 9.59 Å². The lowest BCUT2D eigenvalue weighted by Gasteiger charge is -2.22. The zero-order valence-electron chi connectivity index (χ0n) is 21.1. The number of benzene rings is 2. The number of hydrogen-bond acceptors (Lipinski definition) is 3. The van der Waals surface area contributed by atoms with Gasteiger partial charge < -0.3 is 10.6 Å². The van der Waals surface area contributed by atoms with Crippen molar-refractivity contribution in [2.75, 3.05) is 11.9 Å². The maximum atomic E-state index is 12.7. The van der Waals surface area contributed by atoms with Gasteiger partial charge in [-0.2, -0.15) is 5.10 Å². The van der Waals surface area contributed by atoms with E-state index in [0.29, 0.717) is 12.2 Å². The van der Waals surface area contributed by atoms with E-state index < -0.39 is 0 Å². The minimum absolute atomic E-state index is 0.0835. The molecule has 0 spiro atoms. The first-order valence-electron chi connectivity index (χ1n) is 11.8. The molecule has 1 unspecified atom stereocenters. The molecule has 0 saturated heterocycles. The third-order valence-electron chi connectivity index (χ3n) is 5.57. The zero-order valence-corrected chi connectivity index (χ0v) is 21.1. The molecule has 0 aliphatic rings. The summed E-state index contributed by atoms with van der Waals surface area (Å²) in [6.07, 6.45) is 1.35. The molecule has 1 heterocycles. The summed E-state index contributed by atoms with van der Waals surface area (Å²) in [5.41, 5.74) is 4.99. The Kier molecular flexibility index (Phi) is 7.92. The highest BCUT2D eigenvalue weighted by atomic mass is 16.2. The summed E-state index contributed by atoms with van der Waals surface area (Å²) >= 11 is 0. The Balaban J connectivity index is 1.74. The van der Waals surface area contributed by atoms with E-state index in [1.807, 2.05) is 62.4 Å². The Bertz CT molecular complexity index is 1140. The van der Waals surface area contributed by atoms with Gasteiger partial charge in [-0.15, -0.1) is 0 Å². The molecule has 0 fully saturated rings. The molecule has 6 nitrogen and oxygen atoms in total. The lowest BCUT2D eigenvalue weighted by molar-refractivity contribution is -0.124. The first kappa shape index (κ1) is 25.2. The number of aromatic nitrogens is 2. The highest BCUT2D eigenvalue weighted by Crippen LogP contribution is 2.27. The summed E-state index contributed by atoms with van der Waals surface area (Å²) in [5.74, 6) is 0.413. The van der Waals surface area contributed by atoms with E-state index in [1.165, 1.54) is 0 Å². The van der Waals surface area contributed by atoms with E-state index >= 15 is 0 Å². The normalized spacial score (nSPS) is 12.3. The van der Waals surface area contributed by atoms with Crippen molar-refractivity contribution in [1.82, 2.24) is 15.1 Å². The number of aryl methyl sites for hydroxylation is 2. The summed E-state index contributed by atoms with van der Waals surface area (Å²) < 4.78 is 1.75. The summed E-state index contributed by atoms with van der Waals surface area (Å²) in [6, 6.07) is 17.8. The van der Waals surface area contributed by atoms with Crippen LogP contribution in [0.25, 0.3) is 16.9 Å². The van der Waals surface area contributed by atoms with Crippen LogP contribution < -0.4 is 10.6 Å². The molecule has 180 valence electrons. The molecule has 1 atom stereocenters. The number of amides is 2. The van der Waals surface area contributed by atoms with Crippen molar-refractivity contribution in [2.24, 2.45) is 11.3 Å². The van der Waals surface area contributed by atoms with Crippen molar-refractivity contribution in [2.45, 2.75) is 54.4 Å². The van der Waals surface area contributed by atoms with Gasteiger partial charge in [-0.25, -0.2) is 4.68 Å². The molecular weight excluding hydrogens is 424 g/mol. The van der Waals surface area contributed by atoms with Crippen LogP contribution in [0.2, 0.25) is 0 Å². The van der Waals surface area contributed by atoms with Crippen LogP contribution in [0.1, 0.15) is 51.7 Å². The molecule has 6 heteroatoms. The van der Waals surface area contributed by atoms with Crippen LogP contribution in [0.5, 0.6) is 0 Å². The van der Waals surface area contributed by atoms with Gasteiger partial charge in [0.05, 0.1) is 17.9 Å². The van der Waals surface area contributed by atoms with Crippen molar-refractivity contribution in [3.63, 3.8) is 0 Å². The molecule has 2 amide bonds. The Morgan fingerprint density at radius 2 is 1.71 bits per heavy atom. The van der Waals surface area contributed by atoms with Crippen LogP contribution in [0.15, 0.2) is 54.6 Å². The SMILES string of the molecule is Cc1ccc(-n2nc(-c3ccccc3)cc2NC(=O)CNC(=O)CC(C)CC(C)(C)C)c(C)c1. The minimum Gasteiger partial charge on any atom is -0.347 e. The Morgan fingerprint density at radius 1 is 1.00 bits per heavy atom. The van der Waals surface area contributed by atoms with Crippen molar-refractivity contribution >= 4 is 17.6 Å². The number of rotatable bonds is 8. The second-order valence-electron chi connectivity index (χ2n) is 10.4. The summed E-state index contributed by atoms with van der Waals surface area (Å²) in [6.45, 7) is 12.5. The molecule has 3 rings (SSSR count). The van der Waals surface area contributed by atoms with Crippen LogP contribution in [-0.2, 0) is 9.59 Å². The zero-order chi connectivity index (χ0) is 24.9. The fourth-order valence-electron chi connectivity index (χ4n) is 4.32. The van der Waals surface area contributed by atoms with Crippen molar-refractivity contribution < 1.29 is 9.59 Å². The van der Waals surface area contributed by atoms with Gasteiger partial charge >= 0.3 is 0 Å². The van der Waals surface area contributed by atoms with Crippen molar-refractivity contribution in [3.05, 3.63) is 65.7 Å². The third kappa shape index (κ3) is 7.04. The molecule has 34 heavy (non-hydrogen) atoms. The fraction of sp³-hybridized carbons (Fsp3) is 0.393. The Morgan fingerprint density at radius 3 is 2.35 bits per heavy atom. The molecule has 3 aromatic rings. The van der Waals surface area contributed by atoms with Gasteiger partial charge in [0.25, 0.3) is 0 Å². The number of hydrogen-bond donors (Lipinski definition) is 2. The predicted octanol–water partition coefficient (Wildman–Crippen LogP) is 5.67. The number of carbonyl (C=O) groups excluding carboxylic acids is 2. The van der Waals surface area contributed by atoms with E-state index in [2.05, 4.69) is 44.4 Å². The van der Waals surface area contributed by atoms with Gasteiger partial charge in [-0.05, 0) is 43.2 Å². The lowest BCUT2D eigenvalue weighted by atomic mass is 9.84. The molecule has 0 aliphatic heterocycles. The third-order valence-corrected chi connectivity index (χ3v) is 5.57. The van der Waals surface area contributed by atoms with Crippen molar-refractivity contribution in [3.8, 4) is 16.9 Å². The summed E-state index contributed by atoms with van der Waals surface area (Å²) in [4.78, 5) is 25.1. The molecule has 1 aromatic heterocycles. The predicted molar refractivity (Wildman–Crippen MR) is 138 cm³/mol. The minimum atomic E-state index is -0.289. The number of carbonyl (C=O) groups is 2. The van der Waals surface area contributed by atoms with Gasteiger partial charge in [0.1, 0.15) is 5.82 Å². The molecule has 2 N–H and O–H groups in total. The number of anilines is 1. The topological polar surface area (TPSA) is 76.0 Å². The largest absolute Gasteiger partial charge is 0.347 e. The average molecular weight is 461 g/mol. The summed E-state index contributed by atoms with van der Waals surface area (Å²) in [7, 11) is 0. The van der Waals surface area contributed by atoms with Crippen LogP contribution in [-0.4, -0.2) is 28.1 Å². The highest BCUT2D eigenvalue weighted by Gasteiger charge is 2.19. The van der Waals surface area contributed by atoms with Crippen LogP contribution in [0.4, 0.5) is 5.82 Å². The smallest absolute Gasteiger partial charge is 0.244 e. The van der Waals surface area contributed by atoms with Gasteiger partial charge in [-0.1, -0.05) is 75.7 Å². The first-order valence-corrected chi connectivity index (χ1v) is 11.8. The average Bonchev–Trinajstić information content (AvgIpc) is 3.15. The second-order valence-corrected chi connectivity index (χ2v) is 10.4. The molecule has 0 saturated carbocycles. The van der Waals surface area contributed by atoms with E-state index in [1.54, 1.807) is 4.68 Å². The van der Waals surface area contributed by atoms with E-state index in [-0.39, 0.29) is 29.7 Å². The van der Waals surface area contributed by atoms with Crippen molar-refractivity contribution in [1.29, 1.82) is 0 Å². The van der Waals surface area contributed by atoms with Crippen LogP contribution in [0, 0.1) is 25.2 Å². The first-order chi connectivity index (χ1) is 16.0. The molecule has 0 bridgehead atoms. The molecule has 2 aromatic carbocycles. The quantitative estimate of drug-likeness (QED) is 0.454. The standard InChI is InChI=1S/C28H36N4O2/c1-19-12-13-24(21(3)14-19)32-25(16-23(31-32)22-10-8-7-9-11-22)30-27(34)18-29-26(33)15-20(2)17-28(4,5)6/h7-14,16,20H,15,17-18H2,1-6H3,(H,29,33)(H,30,34). The molecular formula is C28H36N4O2. The van der Waals surface area contributed by atoms with Crippen LogP contribution in [0.3, 0.4) is 0 Å². The van der Waals surface area contributed by atoms with E-state index in [4.69, 9.17) is 5.10 Å². The lowest BCUT2D eigenvalue weighted by Crippen LogP contribution is -2.34. The maximum absolute atomic E-state index is 12.7. The van der Waals surface area contributed by atoms with Gasteiger partial charge in [0, 0.05) is 18.1 Å². The van der Waals surface area contributed by atoms with E-state index in [0.717, 1.165) is 34.5 Å². The molecule has 0 aliphatic carbocycles. The van der Waals surface area contributed by atoms with Gasteiger partial charge in [-0.3, -0.25) is 9.59 Å². The number of nitrogens with one attached hydrogen (secondary N) is 2. The van der Waals surface area contributed by atoms with Gasteiger partial charge in [0.15, 0.2) is 0 Å². The van der Waals surface area contributed by atoms with Gasteiger partial charge in [0.2, 0.25) is 11.8 Å². The monoisotopic (exact) mass is 460 g/mol. The molecule has 0 radical (unpaired) electrons. The van der Waals surface area contributed by atoms with Crippen LogP contribution >= 0.6 is 0 Å². The second kappa shape index (κ2) is 10.7. The Labute approximate surface area is 202 Å².